The van der Waals surface area contributed by atoms with Gasteiger partial charge < -0.3 is 9.67 Å². The maximum absolute atomic E-state index is 10.6. The molecule has 2 aromatic heterocycles. The monoisotopic (exact) mass is 284 g/mol. The van der Waals surface area contributed by atoms with Crippen molar-refractivity contribution in [1.82, 2.24) is 19.3 Å². The highest BCUT2D eigenvalue weighted by molar-refractivity contribution is 5.75. The summed E-state index contributed by atoms with van der Waals surface area (Å²) >= 11 is 0. The number of rotatable bonds is 3. The molecule has 1 atom stereocenters. The Balaban J connectivity index is 1.96. The Hall–Kier alpha value is -2.14. The summed E-state index contributed by atoms with van der Waals surface area (Å²) in [7, 11) is 3.88. The summed E-state index contributed by atoms with van der Waals surface area (Å²) in [5.74, 6) is 0.881. The molecule has 3 rings (SSSR count). The molecule has 5 heteroatoms. The number of hydrogen-bond donors (Lipinski definition) is 1. The topological polar surface area (TPSA) is 55.9 Å². The predicted octanol–water partition coefficient (Wildman–Crippen LogP) is 2.20. The lowest BCUT2D eigenvalue weighted by Gasteiger charge is -2.11. The van der Waals surface area contributed by atoms with E-state index in [0.29, 0.717) is 6.42 Å². The predicted molar refractivity (Wildman–Crippen MR) is 82.1 cm³/mol. The van der Waals surface area contributed by atoms with Crippen LogP contribution >= 0.6 is 0 Å². The van der Waals surface area contributed by atoms with Crippen LogP contribution in [0.5, 0.6) is 0 Å². The second-order valence-corrected chi connectivity index (χ2v) is 5.50. The van der Waals surface area contributed by atoms with E-state index in [1.54, 1.807) is 0 Å². The van der Waals surface area contributed by atoms with Gasteiger partial charge in [0.15, 0.2) is 0 Å². The van der Waals surface area contributed by atoms with Crippen molar-refractivity contribution in [2.75, 3.05) is 0 Å². The fourth-order valence-corrected chi connectivity index (χ4v) is 2.93. The third-order valence-electron chi connectivity index (χ3n) is 4.15. The van der Waals surface area contributed by atoms with Gasteiger partial charge in [-0.15, -0.1) is 0 Å². The highest BCUT2D eigenvalue weighted by Crippen LogP contribution is 2.25. The molecule has 0 radical (unpaired) electrons. The molecule has 21 heavy (non-hydrogen) atoms. The standard InChI is InChI=1S/C16H20N4O/c1-10-16(11(2)20(4)18-10)14(21)9-15-17-12-7-5-6-8-13(12)19(15)3/h5-8,14,21H,9H2,1-4H3. The van der Waals surface area contributed by atoms with Crippen molar-refractivity contribution in [2.45, 2.75) is 26.4 Å². The Morgan fingerprint density at radius 1 is 1.19 bits per heavy atom. The molecule has 0 fully saturated rings. The molecule has 110 valence electrons. The summed E-state index contributed by atoms with van der Waals surface area (Å²) < 4.78 is 3.85. The van der Waals surface area contributed by atoms with E-state index in [1.165, 1.54) is 0 Å². The van der Waals surface area contributed by atoms with E-state index in [0.717, 1.165) is 33.8 Å². The van der Waals surface area contributed by atoms with E-state index in [1.807, 2.05) is 61.5 Å². The molecule has 0 saturated heterocycles. The van der Waals surface area contributed by atoms with Crippen LogP contribution in [0, 0.1) is 13.8 Å². The van der Waals surface area contributed by atoms with Gasteiger partial charge in [0, 0.05) is 31.8 Å². The van der Waals surface area contributed by atoms with Gasteiger partial charge in [-0.2, -0.15) is 5.10 Å². The Kier molecular flexibility index (Phi) is 3.29. The fraction of sp³-hybridized carbons (Fsp3) is 0.375. The zero-order valence-corrected chi connectivity index (χ0v) is 12.8. The third kappa shape index (κ3) is 2.23. The zero-order chi connectivity index (χ0) is 15.1. The molecule has 1 aromatic carbocycles. The number of hydrogen-bond acceptors (Lipinski definition) is 3. The van der Waals surface area contributed by atoms with Crippen LogP contribution in [-0.2, 0) is 20.5 Å². The molecule has 0 aliphatic carbocycles. The zero-order valence-electron chi connectivity index (χ0n) is 12.8. The number of aromatic nitrogens is 4. The van der Waals surface area contributed by atoms with Gasteiger partial charge in [0.1, 0.15) is 5.82 Å². The third-order valence-corrected chi connectivity index (χ3v) is 4.15. The molecule has 5 nitrogen and oxygen atoms in total. The Morgan fingerprint density at radius 3 is 2.52 bits per heavy atom. The first-order valence-corrected chi connectivity index (χ1v) is 7.07. The summed E-state index contributed by atoms with van der Waals surface area (Å²) in [6, 6.07) is 8.01. The van der Waals surface area contributed by atoms with Crippen molar-refractivity contribution in [3.8, 4) is 0 Å². The Bertz CT molecular complexity index is 800. The first-order valence-electron chi connectivity index (χ1n) is 7.07. The van der Waals surface area contributed by atoms with Crippen molar-refractivity contribution in [1.29, 1.82) is 0 Å². The number of benzene rings is 1. The minimum Gasteiger partial charge on any atom is -0.388 e. The first kappa shape index (κ1) is 13.8. The summed E-state index contributed by atoms with van der Waals surface area (Å²) in [5.41, 5.74) is 4.82. The van der Waals surface area contributed by atoms with Crippen molar-refractivity contribution < 1.29 is 5.11 Å². The summed E-state index contributed by atoms with van der Waals surface area (Å²) in [6.07, 6.45) is -0.104. The van der Waals surface area contributed by atoms with Gasteiger partial charge in [0.25, 0.3) is 0 Å². The van der Waals surface area contributed by atoms with E-state index in [9.17, 15) is 5.11 Å². The highest BCUT2D eigenvalue weighted by Gasteiger charge is 2.20. The second kappa shape index (κ2) is 5.00. The van der Waals surface area contributed by atoms with Crippen LogP contribution < -0.4 is 0 Å². The highest BCUT2D eigenvalue weighted by atomic mass is 16.3. The van der Waals surface area contributed by atoms with Gasteiger partial charge in [-0.05, 0) is 26.0 Å². The lowest BCUT2D eigenvalue weighted by atomic mass is 10.0. The molecule has 2 heterocycles. The van der Waals surface area contributed by atoms with Crippen LogP contribution in [0.25, 0.3) is 11.0 Å². The molecule has 3 aromatic rings. The Labute approximate surface area is 123 Å². The van der Waals surface area contributed by atoms with Gasteiger partial charge in [-0.25, -0.2) is 4.98 Å². The van der Waals surface area contributed by atoms with Crippen LogP contribution in [0.15, 0.2) is 24.3 Å². The quantitative estimate of drug-likeness (QED) is 0.802. The summed E-state index contributed by atoms with van der Waals surface area (Å²) in [4.78, 5) is 4.62. The maximum Gasteiger partial charge on any atom is 0.112 e. The van der Waals surface area contributed by atoms with Crippen molar-refractivity contribution in [2.24, 2.45) is 14.1 Å². The van der Waals surface area contributed by atoms with E-state index in [4.69, 9.17) is 0 Å². The number of fused-ring (bicyclic) bond motifs is 1. The summed E-state index contributed by atoms with van der Waals surface area (Å²) in [5, 5.41) is 15.0. The molecule has 0 aliphatic heterocycles. The maximum atomic E-state index is 10.6. The van der Waals surface area contributed by atoms with Crippen LogP contribution in [0.3, 0.4) is 0 Å². The van der Waals surface area contributed by atoms with Crippen LogP contribution in [0.2, 0.25) is 0 Å². The minimum absolute atomic E-state index is 0.485. The van der Waals surface area contributed by atoms with Crippen LogP contribution in [0.1, 0.15) is 28.9 Å². The van der Waals surface area contributed by atoms with Gasteiger partial charge in [-0.1, -0.05) is 12.1 Å². The van der Waals surface area contributed by atoms with Crippen molar-refractivity contribution in [3.63, 3.8) is 0 Å². The molecular formula is C16H20N4O. The molecule has 1 N–H and O–H groups in total. The molecular weight excluding hydrogens is 264 g/mol. The number of aryl methyl sites for hydroxylation is 3. The molecule has 0 saturated carbocycles. The van der Waals surface area contributed by atoms with Gasteiger partial charge >= 0.3 is 0 Å². The first-order chi connectivity index (χ1) is 9.99. The largest absolute Gasteiger partial charge is 0.388 e. The summed E-state index contributed by atoms with van der Waals surface area (Å²) in [6.45, 7) is 3.91. The lowest BCUT2D eigenvalue weighted by molar-refractivity contribution is 0.173. The van der Waals surface area contributed by atoms with E-state index in [-0.39, 0.29) is 0 Å². The number of aliphatic hydroxyl groups is 1. The molecule has 0 spiro atoms. The second-order valence-electron chi connectivity index (χ2n) is 5.50. The van der Waals surface area contributed by atoms with E-state index >= 15 is 0 Å². The number of aliphatic hydroxyl groups excluding tert-OH is 1. The van der Waals surface area contributed by atoms with Crippen LogP contribution in [0.4, 0.5) is 0 Å². The van der Waals surface area contributed by atoms with Gasteiger partial charge in [0.05, 0.1) is 22.8 Å². The van der Waals surface area contributed by atoms with E-state index < -0.39 is 6.10 Å². The lowest BCUT2D eigenvalue weighted by Crippen LogP contribution is -2.09. The average molecular weight is 284 g/mol. The van der Waals surface area contributed by atoms with Crippen molar-refractivity contribution >= 4 is 11.0 Å². The molecule has 0 aliphatic rings. The normalized spacial score (nSPS) is 13.0. The molecule has 0 bridgehead atoms. The minimum atomic E-state index is -0.589. The molecule has 0 amide bonds. The fourth-order valence-electron chi connectivity index (χ4n) is 2.93. The van der Waals surface area contributed by atoms with E-state index in [2.05, 4.69) is 10.1 Å². The smallest absolute Gasteiger partial charge is 0.112 e. The van der Waals surface area contributed by atoms with Gasteiger partial charge in [0.2, 0.25) is 0 Å². The molecule has 1 unspecified atom stereocenters. The number of para-hydroxylation sites is 2. The average Bonchev–Trinajstić information content (AvgIpc) is 2.88. The number of nitrogens with zero attached hydrogens (tertiary/aromatic N) is 4. The Morgan fingerprint density at radius 2 is 1.90 bits per heavy atom. The van der Waals surface area contributed by atoms with Crippen LogP contribution in [-0.4, -0.2) is 24.4 Å². The SMILES string of the molecule is Cc1nn(C)c(C)c1C(O)Cc1nc2ccccc2n1C. The van der Waals surface area contributed by atoms with Gasteiger partial charge in [-0.3, -0.25) is 4.68 Å². The van der Waals surface area contributed by atoms with Crippen molar-refractivity contribution in [3.05, 3.63) is 47.0 Å². The number of imidazole rings is 1.